The summed E-state index contributed by atoms with van der Waals surface area (Å²) in [5.74, 6) is 0.526. The van der Waals surface area contributed by atoms with Crippen LogP contribution in [-0.4, -0.2) is 57.0 Å². The highest BCUT2D eigenvalue weighted by Gasteiger charge is 2.23. The molecule has 0 aromatic heterocycles. The highest BCUT2D eigenvalue weighted by molar-refractivity contribution is 5.67. The molecule has 0 bridgehead atoms. The van der Waals surface area contributed by atoms with E-state index >= 15 is 0 Å². The van der Waals surface area contributed by atoms with Gasteiger partial charge in [-0.3, -0.25) is 0 Å². The van der Waals surface area contributed by atoms with Crippen molar-refractivity contribution >= 4 is 6.09 Å². The maximum Gasteiger partial charge on any atom is 0.409 e. The van der Waals surface area contributed by atoms with Crippen LogP contribution in [-0.2, 0) is 9.47 Å². The monoisotopic (exact) mass is 258 g/mol. The number of piperidine rings is 1. The standard InChI is InChI=1S/C13H26N2O3/c1-4-18-13(16)15-7-5-12(6-8-15)14-9-11(2)10-17-3/h11-12,14H,4-10H2,1-3H3. The van der Waals surface area contributed by atoms with Crippen LogP contribution in [0.3, 0.4) is 0 Å². The second kappa shape index (κ2) is 8.32. The molecule has 106 valence electrons. The topological polar surface area (TPSA) is 50.8 Å². The van der Waals surface area contributed by atoms with Gasteiger partial charge in [0.2, 0.25) is 0 Å². The highest BCUT2D eigenvalue weighted by Crippen LogP contribution is 2.11. The number of carbonyl (C=O) groups excluding carboxylic acids is 1. The Hall–Kier alpha value is -0.810. The molecule has 0 aromatic rings. The van der Waals surface area contributed by atoms with Crippen molar-refractivity contribution < 1.29 is 14.3 Å². The summed E-state index contributed by atoms with van der Waals surface area (Å²) in [6.45, 7) is 7.79. The zero-order chi connectivity index (χ0) is 13.4. The number of ether oxygens (including phenoxy) is 2. The predicted octanol–water partition coefficient (Wildman–Crippen LogP) is 1.48. The molecule has 1 amide bonds. The van der Waals surface area contributed by atoms with Gasteiger partial charge in [-0.05, 0) is 25.7 Å². The molecule has 5 heteroatoms. The lowest BCUT2D eigenvalue weighted by atomic mass is 10.0. The van der Waals surface area contributed by atoms with Crippen molar-refractivity contribution in [3.63, 3.8) is 0 Å². The van der Waals surface area contributed by atoms with Gasteiger partial charge in [-0.1, -0.05) is 6.92 Å². The highest BCUT2D eigenvalue weighted by atomic mass is 16.6. The number of nitrogens with one attached hydrogen (secondary N) is 1. The van der Waals surface area contributed by atoms with E-state index in [1.54, 1.807) is 12.0 Å². The van der Waals surface area contributed by atoms with Gasteiger partial charge in [-0.15, -0.1) is 0 Å². The molecule has 5 nitrogen and oxygen atoms in total. The van der Waals surface area contributed by atoms with Crippen LogP contribution in [0.5, 0.6) is 0 Å². The van der Waals surface area contributed by atoms with Crippen molar-refractivity contribution in [3.8, 4) is 0 Å². The van der Waals surface area contributed by atoms with Crippen LogP contribution >= 0.6 is 0 Å². The van der Waals surface area contributed by atoms with E-state index in [1.165, 1.54) is 0 Å². The third kappa shape index (κ3) is 5.23. The molecule has 1 aliphatic rings. The summed E-state index contributed by atoms with van der Waals surface area (Å²) < 4.78 is 10.1. The third-order valence-electron chi connectivity index (χ3n) is 3.23. The number of hydrogen-bond acceptors (Lipinski definition) is 4. The molecule has 0 aliphatic carbocycles. The second-order valence-electron chi connectivity index (χ2n) is 4.93. The number of likely N-dealkylation sites (tertiary alicyclic amines) is 1. The first-order chi connectivity index (χ1) is 8.67. The Kier molecular flexibility index (Phi) is 7.05. The van der Waals surface area contributed by atoms with Crippen LogP contribution in [0.15, 0.2) is 0 Å². The van der Waals surface area contributed by atoms with Crippen LogP contribution < -0.4 is 5.32 Å². The van der Waals surface area contributed by atoms with E-state index in [4.69, 9.17) is 9.47 Å². The van der Waals surface area contributed by atoms with E-state index in [0.717, 1.165) is 39.1 Å². The summed E-state index contributed by atoms with van der Waals surface area (Å²) in [4.78, 5) is 13.3. The van der Waals surface area contributed by atoms with Crippen LogP contribution in [0.2, 0.25) is 0 Å². The molecule has 1 N–H and O–H groups in total. The van der Waals surface area contributed by atoms with Crippen LogP contribution in [0.1, 0.15) is 26.7 Å². The molecule has 0 aromatic carbocycles. The van der Waals surface area contributed by atoms with E-state index in [2.05, 4.69) is 12.2 Å². The van der Waals surface area contributed by atoms with E-state index in [-0.39, 0.29) is 6.09 Å². The number of carbonyl (C=O) groups is 1. The Bertz CT molecular complexity index is 240. The average Bonchev–Trinajstić information content (AvgIpc) is 2.37. The minimum atomic E-state index is -0.177. The molecule has 18 heavy (non-hydrogen) atoms. The van der Waals surface area contributed by atoms with Gasteiger partial charge < -0.3 is 19.7 Å². The Morgan fingerprint density at radius 1 is 1.44 bits per heavy atom. The normalized spacial score (nSPS) is 18.7. The van der Waals surface area contributed by atoms with Gasteiger partial charge in [0, 0.05) is 39.4 Å². The molecule has 0 spiro atoms. The Morgan fingerprint density at radius 3 is 2.67 bits per heavy atom. The molecular formula is C13H26N2O3. The molecule has 1 aliphatic heterocycles. The number of methoxy groups -OCH3 is 1. The number of nitrogens with zero attached hydrogens (tertiary/aromatic N) is 1. The maximum atomic E-state index is 11.5. The van der Waals surface area contributed by atoms with Crippen LogP contribution in [0.4, 0.5) is 4.79 Å². The van der Waals surface area contributed by atoms with Crippen molar-refractivity contribution in [2.75, 3.05) is 40.0 Å². The molecule has 1 unspecified atom stereocenters. The molecule has 0 radical (unpaired) electrons. The summed E-state index contributed by atoms with van der Waals surface area (Å²) >= 11 is 0. The smallest absolute Gasteiger partial charge is 0.409 e. The van der Waals surface area contributed by atoms with Crippen LogP contribution in [0, 0.1) is 5.92 Å². The molecule has 1 saturated heterocycles. The van der Waals surface area contributed by atoms with Gasteiger partial charge in [-0.25, -0.2) is 4.79 Å². The molecule has 1 heterocycles. The molecule has 0 saturated carbocycles. The lowest BCUT2D eigenvalue weighted by Crippen LogP contribution is -2.46. The van der Waals surface area contributed by atoms with E-state index in [1.807, 2.05) is 6.92 Å². The minimum Gasteiger partial charge on any atom is -0.450 e. The lowest BCUT2D eigenvalue weighted by molar-refractivity contribution is 0.0940. The third-order valence-corrected chi connectivity index (χ3v) is 3.23. The predicted molar refractivity (Wildman–Crippen MR) is 70.7 cm³/mol. The van der Waals surface area contributed by atoms with Gasteiger partial charge in [-0.2, -0.15) is 0 Å². The average molecular weight is 258 g/mol. The first-order valence-electron chi connectivity index (χ1n) is 6.81. The minimum absolute atomic E-state index is 0.177. The van der Waals surface area contributed by atoms with Crippen molar-refractivity contribution in [1.82, 2.24) is 10.2 Å². The second-order valence-corrected chi connectivity index (χ2v) is 4.93. The van der Waals surface area contributed by atoms with Gasteiger partial charge in [0.25, 0.3) is 0 Å². The fourth-order valence-corrected chi connectivity index (χ4v) is 2.19. The number of hydrogen-bond donors (Lipinski definition) is 1. The Morgan fingerprint density at radius 2 is 2.11 bits per heavy atom. The zero-order valence-electron chi connectivity index (χ0n) is 11.8. The number of rotatable bonds is 6. The Balaban J connectivity index is 2.17. The quantitative estimate of drug-likeness (QED) is 0.784. The molecule has 1 fully saturated rings. The first-order valence-corrected chi connectivity index (χ1v) is 6.81. The molecule has 1 rings (SSSR count). The maximum absolute atomic E-state index is 11.5. The van der Waals surface area contributed by atoms with E-state index in [0.29, 0.717) is 18.6 Å². The molecular weight excluding hydrogens is 232 g/mol. The van der Waals surface area contributed by atoms with Gasteiger partial charge in [0.1, 0.15) is 0 Å². The summed E-state index contributed by atoms with van der Waals surface area (Å²) in [6, 6.07) is 0.509. The largest absolute Gasteiger partial charge is 0.450 e. The van der Waals surface area contributed by atoms with Crippen molar-refractivity contribution in [1.29, 1.82) is 0 Å². The van der Waals surface area contributed by atoms with Gasteiger partial charge in [0.15, 0.2) is 0 Å². The van der Waals surface area contributed by atoms with Gasteiger partial charge in [0.05, 0.1) is 6.61 Å². The summed E-state index contributed by atoms with van der Waals surface area (Å²) in [5.41, 5.74) is 0. The van der Waals surface area contributed by atoms with Crippen molar-refractivity contribution in [2.24, 2.45) is 5.92 Å². The number of amides is 1. The summed E-state index contributed by atoms with van der Waals surface area (Å²) in [6.07, 6.45) is 1.82. The van der Waals surface area contributed by atoms with E-state index in [9.17, 15) is 4.79 Å². The summed E-state index contributed by atoms with van der Waals surface area (Å²) in [7, 11) is 1.73. The van der Waals surface area contributed by atoms with Gasteiger partial charge >= 0.3 is 6.09 Å². The van der Waals surface area contributed by atoms with E-state index < -0.39 is 0 Å². The molecule has 1 atom stereocenters. The van der Waals surface area contributed by atoms with Crippen LogP contribution in [0.25, 0.3) is 0 Å². The van der Waals surface area contributed by atoms with Crippen molar-refractivity contribution in [3.05, 3.63) is 0 Å². The fraction of sp³-hybridized carbons (Fsp3) is 0.923. The first kappa shape index (κ1) is 15.2. The zero-order valence-corrected chi connectivity index (χ0v) is 11.8. The van der Waals surface area contributed by atoms with Crippen molar-refractivity contribution in [2.45, 2.75) is 32.7 Å². The summed E-state index contributed by atoms with van der Waals surface area (Å²) in [5, 5.41) is 3.54. The Labute approximate surface area is 110 Å². The lowest BCUT2D eigenvalue weighted by Gasteiger charge is -2.32. The SMILES string of the molecule is CCOC(=O)N1CCC(NCC(C)COC)CC1. The fourth-order valence-electron chi connectivity index (χ4n) is 2.19.